The van der Waals surface area contributed by atoms with Crippen molar-refractivity contribution in [2.45, 2.75) is 6.61 Å². The second kappa shape index (κ2) is 5.73. The number of hydrogen-bond acceptors (Lipinski definition) is 6. The van der Waals surface area contributed by atoms with Crippen molar-refractivity contribution in [2.75, 3.05) is 21.3 Å². The summed E-state index contributed by atoms with van der Waals surface area (Å²) in [6.45, 7) is 0.327. The molecule has 4 rings (SSSR count). The van der Waals surface area contributed by atoms with E-state index in [-0.39, 0.29) is 0 Å². The molecule has 6 heteroatoms. The lowest BCUT2D eigenvalue weighted by molar-refractivity contribution is 0.300. The molecule has 0 fully saturated rings. The molecular formula is C19H16O6. The molecule has 25 heavy (non-hydrogen) atoms. The van der Waals surface area contributed by atoms with Gasteiger partial charge in [0.2, 0.25) is 0 Å². The Bertz CT molecular complexity index is 1030. The van der Waals surface area contributed by atoms with Gasteiger partial charge in [-0.25, -0.2) is 4.79 Å². The van der Waals surface area contributed by atoms with Gasteiger partial charge in [-0.2, -0.15) is 0 Å². The molecule has 6 nitrogen and oxygen atoms in total. The largest absolute Gasteiger partial charge is 0.497 e. The highest BCUT2D eigenvalue weighted by atomic mass is 16.5. The molecule has 3 aromatic rings. The SMILES string of the molecule is COc1ccc2c(c1)COc1c-2c(=O)oc2cc(OC)cc(OC)c12. The third-order valence-electron chi connectivity index (χ3n) is 4.31. The lowest BCUT2D eigenvalue weighted by Crippen LogP contribution is -2.14. The molecule has 0 N–H and O–H groups in total. The van der Waals surface area contributed by atoms with Crippen LogP contribution in [0.3, 0.4) is 0 Å². The van der Waals surface area contributed by atoms with E-state index < -0.39 is 5.63 Å². The van der Waals surface area contributed by atoms with Crippen LogP contribution in [0, 0.1) is 0 Å². The summed E-state index contributed by atoms with van der Waals surface area (Å²) in [5.41, 5.74) is 1.92. The Morgan fingerprint density at radius 3 is 2.48 bits per heavy atom. The highest BCUT2D eigenvalue weighted by Gasteiger charge is 2.27. The van der Waals surface area contributed by atoms with E-state index in [9.17, 15) is 4.79 Å². The summed E-state index contributed by atoms with van der Waals surface area (Å²) in [5.74, 6) is 2.22. The van der Waals surface area contributed by atoms with Gasteiger partial charge in [0.05, 0.1) is 21.3 Å². The first-order chi connectivity index (χ1) is 12.2. The summed E-state index contributed by atoms with van der Waals surface area (Å²) in [4.78, 5) is 12.6. The molecule has 1 aliphatic heterocycles. The van der Waals surface area contributed by atoms with Crippen molar-refractivity contribution in [3.05, 3.63) is 46.3 Å². The number of rotatable bonds is 3. The van der Waals surface area contributed by atoms with Gasteiger partial charge in [0.15, 0.2) is 0 Å². The van der Waals surface area contributed by atoms with Gasteiger partial charge >= 0.3 is 5.63 Å². The monoisotopic (exact) mass is 340 g/mol. The quantitative estimate of drug-likeness (QED) is 0.681. The Morgan fingerprint density at radius 1 is 0.960 bits per heavy atom. The summed E-state index contributed by atoms with van der Waals surface area (Å²) in [5, 5.41) is 0.611. The van der Waals surface area contributed by atoms with E-state index in [0.29, 0.717) is 46.1 Å². The predicted molar refractivity (Wildman–Crippen MR) is 91.9 cm³/mol. The topological polar surface area (TPSA) is 67.1 Å². The van der Waals surface area contributed by atoms with Crippen LogP contribution in [-0.4, -0.2) is 21.3 Å². The third-order valence-corrected chi connectivity index (χ3v) is 4.31. The molecule has 0 saturated carbocycles. The lowest BCUT2D eigenvalue weighted by Gasteiger charge is -2.22. The van der Waals surface area contributed by atoms with Crippen LogP contribution in [0.2, 0.25) is 0 Å². The number of benzene rings is 2. The zero-order valence-electron chi connectivity index (χ0n) is 14.0. The molecule has 0 amide bonds. The second-order valence-corrected chi connectivity index (χ2v) is 5.61. The van der Waals surface area contributed by atoms with Crippen LogP contribution in [0.15, 0.2) is 39.5 Å². The first kappa shape index (κ1) is 15.4. The molecule has 0 atom stereocenters. The Hall–Kier alpha value is -3.15. The van der Waals surface area contributed by atoms with Crippen LogP contribution in [0.5, 0.6) is 23.0 Å². The van der Waals surface area contributed by atoms with Gasteiger partial charge < -0.3 is 23.4 Å². The number of hydrogen-bond donors (Lipinski definition) is 0. The van der Waals surface area contributed by atoms with Gasteiger partial charge in [0, 0.05) is 17.7 Å². The Morgan fingerprint density at radius 2 is 1.76 bits per heavy atom. The third kappa shape index (κ3) is 2.29. The van der Waals surface area contributed by atoms with Gasteiger partial charge in [-0.1, -0.05) is 0 Å². The number of methoxy groups -OCH3 is 3. The molecule has 0 saturated heterocycles. The van der Waals surface area contributed by atoms with Crippen LogP contribution in [0.25, 0.3) is 22.1 Å². The lowest BCUT2D eigenvalue weighted by atomic mass is 9.96. The maximum atomic E-state index is 12.6. The van der Waals surface area contributed by atoms with E-state index in [1.165, 1.54) is 7.11 Å². The van der Waals surface area contributed by atoms with Gasteiger partial charge in [0.25, 0.3) is 0 Å². The van der Waals surface area contributed by atoms with Crippen molar-refractivity contribution in [1.82, 2.24) is 0 Å². The summed E-state index contributed by atoms with van der Waals surface area (Å²) in [6, 6.07) is 8.88. The van der Waals surface area contributed by atoms with Gasteiger partial charge in [-0.3, -0.25) is 0 Å². The van der Waals surface area contributed by atoms with Crippen molar-refractivity contribution in [3.8, 4) is 34.1 Å². The first-order valence-electron chi connectivity index (χ1n) is 7.69. The Kier molecular flexibility index (Phi) is 3.53. The normalized spacial score (nSPS) is 12.1. The summed E-state index contributed by atoms with van der Waals surface area (Å²) < 4.78 is 27.4. The van der Waals surface area contributed by atoms with Crippen molar-refractivity contribution in [3.63, 3.8) is 0 Å². The minimum Gasteiger partial charge on any atom is -0.497 e. The molecule has 1 aromatic heterocycles. The van der Waals surface area contributed by atoms with E-state index >= 15 is 0 Å². The predicted octanol–water partition coefficient (Wildman–Crippen LogP) is 3.38. The highest BCUT2D eigenvalue weighted by Crippen LogP contribution is 2.45. The van der Waals surface area contributed by atoms with Crippen LogP contribution in [0.4, 0.5) is 0 Å². The average molecular weight is 340 g/mol. The van der Waals surface area contributed by atoms with Crippen molar-refractivity contribution >= 4 is 11.0 Å². The molecule has 0 spiro atoms. The smallest absolute Gasteiger partial charge is 0.348 e. The Labute approximate surface area is 143 Å². The van der Waals surface area contributed by atoms with Crippen molar-refractivity contribution in [2.24, 2.45) is 0 Å². The molecule has 0 bridgehead atoms. The second-order valence-electron chi connectivity index (χ2n) is 5.61. The first-order valence-corrected chi connectivity index (χ1v) is 7.69. The zero-order chi connectivity index (χ0) is 17.6. The average Bonchev–Trinajstić information content (AvgIpc) is 2.65. The maximum absolute atomic E-state index is 12.6. The molecule has 1 aliphatic rings. The van der Waals surface area contributed by atoms with E-state index in [1.807, 2.05) is 18.2 Å². The Balaban J connectivity index is 2.06. The summed E-state index contributed by atoms with van der Waals surface area (Å²) >= 11 is 0. The van der Waals surface area contributed by atoms with Crippen molar-refractivity contribution < 1.29 is 23.4 Å². The fraction of sp³-hybridized carbons (Fsp3) is 0.211. The molecule has 128 valence electrons. The van der Waals surface area contributed by atoms with E-state index in [0.717, 1.165) is 11.1 Å². The summed E-state index contributed by atoms with van der Waals surface area (Å²) in [6.07, 6.45) is 0. The zero-order valence-corrected chi connectivity index (χ0v) is 14.0. The van der Waals surface area contributed by atoms with Crippen LogP contribution in [0.1, 0.15) is 5.56 Å². The number of ether oxygens (including phenoxy) is 4. The molecule has 0 radical (unpaired) electrons. The van der Waals surface area contributed by atoms with Crippen LogP contribution >= 0.6 is 0 Å². The van der Waals surface area contributed by atoms with E-state index in [2.05, 4.69) is 0 Å². The molecule has 2 heterocycles. The van der Waals surface area contributed by atoms with Gasteiger partial charge in [0.1, 0.15) is 46.1 Å². The fourth-order valence-corrected chi connectivity index (χ4v) is 3.10. The van der Waals surface area contributed by atoms with Gasteiger partial charge in [-0.15, -0.1) is 0 Å². The standard InChI is InChI=1S/C19H16O6/c1-21-11-4-5-13-10(6-11)9-24-18-16(13)19(20)25-15-8-12(22-2)7-14(23-3)17(15)18/h4-8H,9H2,1-3H3. The van der Waals surface area contributed by atoms with Crippen molar-refractivity contribution in [1.29, 1.82) is 0 Å². The molecule has 0 aliphatic carbocycles. The summed E-state index contributed by atoms with van der Waals surface area (Å²) in [7, 11) is 4.68. The van der Waals surface area contributed by atoms with E-state index in [1.54, 1.807) is 26.4 Å². The number of fused-ring (bicyclic) bond motifs is 5. The minimum absolute atomic E-state index is 0.327. The highest BCUT2D eigenvalue weighted by molar-refractivity contribution is 5.97. The van der Waals surface area contributed by atoms with Crippen LogP contribution < -0.4 is 24.6 Å². The van der Waals surface area contributed by atoms with Crippen LogP contribution in [-0.2, 0) is 6.61 Å². The molecule has 0 unspecified atom stereocenters. The van der Waals surface area contributed by atoms with E-state index in [4.69, 9.17) is 23.4 Å². The molecular weight excluding hydrogens is 324 g/mol. The maximum Gasteiger partial charge on any atom is 0.348 e. The molecule has 2 aromatic carbocycles. The minimum atomic E-state index is -0.469. The van der Waals surface area contributed by atoms with Gasteiger partial charge in [-0.05, 0) is 23.8 Å². The fourth-order valence-electron chi connectivity index (χ4n) is 3.10.